The number of rotatable bonds is 4. The Morgan fingerprint density at radius 3 is 2.42 bits per heavy atom. The summed E-state index contributed by atoms with van der Waals surface area (Å²) in [5.74, 6) is -0.900. The zero-order chi connectivity index (χ0) is 14.3. The molecule has 2 atom stereocenters. The molecule has 0 aromatic rings. The lowest BCUT2D eigenvalue weighted by Gasteiger charge is -2.34. The summed E-state index contributed by atoms with van der Waals surface area (Å²) in [4.78, 5) is 13.4. The molecule has 0 spiro atoms. The van der Waals surface area contributed by atoms with E-state index in [0.29, 0.717) is 19.8 Å². The second-order valence-electron chi connectivity index (χ2n) is 5.62. The van der Waals surface area contributed by atoms with Crippen LogP contribution in [0.5, 0.6) is 0 Å². The fourth-order valence-corrected chi connectivity index (χ4v) is 2.21. The van der Waals surface area contributed by atoms with Crippen molar-refractivity contribution in [3.8, 4) is 0 Å². The van der Waals surface area contributed by atoms with Crippen molar-refractivity contribution in [1.29, 1.82) is 0 Å². The lowest BCUT2D eigenvalue weighted by atomic mass is 9.99. The standard InChI is InChI=1S/C12H19F3N2O2/c1-11(16,12(13,14)15)10(18)17(9-2-3-9)6-8-4-5-19-7-8/h8-9H,2-7,16H2,1H3. The van der Waals surface area contributed by atoms with E-state index in [1.807, 2.05) is 0 Å². The van der Waals surface area contributed by atoms with Gasteiger partial charge in [0.15, 0.2) is 5.54 Å². The highest BCUT2D eigenvalue weighted by Gasteiger charge is 2.56. The van der Waals surface area contributed by atoms with Crippen LogP contribution >= 0.6 is 0 Å². The second-order valence-corrected chi connectivity index (χ2v) is 5.62. The Hall–Kier alpha value is -0.820. The highest BCUT2D eigenvalue weighted by molar-refractivity contribution is 5.87. The number of nitrogens with zero attached hydrogens (tertiary/aromatic N) is 1. The minimum atomic E-state index is -4.73. The van der Waals surface area contributed by atoms with Gasteiger partial charge < -0.3 is 15.4 Å². The number of nitrogens with two attached hydrogens (primary N) is 1. The van der Waals surface area contributed by atoms with Gasteiger partial charge in [-0.3, -0.25) is 4.79 Å². The van der Waals surface area contributed by atoms with Gasteiger partial charge in [-0.1, -0.05) is 0 Å². The Morgan fingerprint density at radius 1 is 1.37 bits per heavy atom. The van der Waals surface area contributed by atoms with E-state index in [1.54, 1.807) is 0 Å². The minimum Gasteiger partial charge on any atom is -0.381 e. The number of alkyl halides is 3. The molecule has 1 aliphatic heterocycles. The zero-order valence-electron chi connectivity index (χ0n) is 10.9. The van der Waals surface area contributed by atoms with Gasteiger partial charge in [-0.15, -0.1) is 0 Å². The molecule has 1 saturated heterocycles. The molecule has 0 radical (unpaired) electrons. The number of carbonyl (C=O) groups excluding carboxylic acids is 1. The molecule has 110 valence electrons. The number of hydrogen-bond donors (Lipinski definition) is 1. The third-order valence-electron chi connectivity index (χ3n) is 3.76. The minimum absolute atomic E-state index is 0.0849. The molecule has 0 bridgehead atoms. The highest BCUT2D eigenvalue weighted by atomic mass is 19.4. The molecular weight excluding hydrogens is 261 g/mol. The number of amides is 1. The zero-order valence-corrected chi connectivity index (χ0v) is 10.9. The number of ether oxygens (including phenoxy) is 1. The van der Waals surface area contributed by atoms with Crippen LogP contribution in [0.4, 0.5) is 13.2 Å². The van der Waals surface area contributed by atoms with E-state index in [4.69, 9.17) is 10.5 Å². The van der Waals surface area contributed by atoms with E-state index in [-0.39, 0.29) is 12.0 Å². The third kappa shape index (κ3) is 3.02. The first-order chi connectivity index (χ1) is 8.73. The quantitative estimate of drug-likeness (QED) is 0.844. The number of carbonyl (C=O) groups is 1. The van der Waals surface area contributed by atoms with Gasteiger partial charge in [0, 0.05) is 25.1 Å². The molecule has 2 unspecified atom stereocenters. The lowest BCUT2D eigenvalue weighted by Crippen LogP contribution is -2.63. The van der Waals surface area contributed by atoms with Crippen molar-refractivity contribution >= 4 is 5.91 Å². The Balaban J connectivity index is 2.08. The normalized spacial score (nSPS) is 27.1. The van der Waals surface area contributed by atoms with Crippen LogP contribution in [0.3, 0.4) is 0 Å². The summed E-state index contributed by atoms with van der Waals surface area (Å²) < 4.78 is 43.7. The molecule has 1 aliphatic carbocycles. The van der Waals surface area contributed by atoms with E-state index >= 15 is 0 Å². The average molecular weight is 280 g/mol. The van der Waals surface area contributed by atoms with E-state index in [9.17, 15) is 18.0 Å². The molecule has 2 rings (SSSR count). The van der Waals surface area contributed by atoms with Gasteiger partial charge in [0.25, 0.3) is 5.91 Å². The topological polar surface area (TPSA) is 55.6 Å². The molecule has 19 heavy (non-hydrogen) atoms. The van der Waals surface area contributed by atoms with E-state index in [0.717, 1.165) is 26.2 Å². The van der Waals surface area contributed by atoms with Crippen molar-refractivity contribution in [3.63, 3.8) is 0 Å². The average Bonchev–Trinajstić information content (AvgIpc) is 3.01. The van der Waals surface area contributed by atoms with Crippen LogP contribution < -0.4 is 5.73 Å². The summed E-state index contributed by atoms with van der Waals surface area (Å²) >= 11 is 0. The van der Waals surface area contributed by atoms with Gasteiger partial charge in [-0.25, -0.2) is 0 Å². The first-order valence-electron chi connectivity index (χ1n) is 6.48. The Kier molecular flexibility index (Phi) is 3.79. The largest absolute Gasteiger partial charge is 0.415 e. The van der Waals surface area contributed by atoms with Crippen molar-refractivity contribution in [2.45, 2.75) is 43.9 Å². The maximum atomic E-state index is 12.8. The van der Waals surface area contributed by atoms with Crippen molar-refractivity contribution in [2.24, 2.45) is 11.7 Å². The molecule has 0 aromatic carbocycles. The molecule has 4 nitrogen and oxygen atoms in total. The Bertz CT molecular complexity index is 347. The number of hydrogen-bond acceptors (Lipinski definition) is 3. The van der Waals surface area contributed by atoms with Gasteiger partial charge in [0.2, 0.25) is 0 Å². The smallest absolute Gasteiger partial charge is 0.381 e. The first-order valence-corrected chi connectivity index (χ1v) is 6.48. The Morgan fingerprint density at radius 2 is 2.00 bits per heavy atom. The maximum Gasteiger partial charge on any atom is 0.415 e. The molecular formula is C12H19F3N2O2. The van der Waals surface area contributed by atoms with E-state index in [1.165, 1.54) is 4.90 Å². The van der Waals surface area contributed by atoms with Crippen molar-refractivity contribution in [2.75, 3.05) is 19.8 Å². The predicted octanol–water partition coefficient (Wildman–Crippen LogP) is 1.29. The van der Waals surface area contributed by atoms with Crippen LogP contribution in [-0.2, 0) is 9.53 Å². The first kappa shape index (κ1) is 14.6. The van der Waals surface area contributed by atoms with Crippen LogP contribution in [0.2, 0.25) is 0 Å². The molecule has 1 saturated carbocycles. The van der Waals surface area contributed by atoms with Gasteiger partial charge in [0.1, 0.15) is 0 Å². The van der Waals surface area contributed by atoms with Gasteiger partial charge in [-0.05, 0) is 26.2 Å². The fourth-order valence-electron chi connectivity index (χ4n) is 2.21. The Labute approximate surface area is 110 Å². The molecule has 2 N–H and O–H groups in total. The summed E-state index contributed by atoms with van der Waals surface area (Å²) in [6.07, 6.45) is -2.44. The van der Waals surface area contributed by atoms with Gasteiger partial charge in [0.05, 0.1) is 6.61 Å². The predicted molar refractivity (Wildman–Crippen MR) is 62.3 cm³/mol. The van der Waals surface area contributed by atoms with Crippen LogP contribution in [0.25, 0.3) is 0 Å². The van der Waals surface area contributed by atoms with Crippen LogP contribution in [0.1, 0.15) is 26.2 Å². The fraction of sp³-hybridized carbons (Fsp3) is 0.917. The molecule has 2 aliphatic rings. The molecule has 7 heteroatoms. The molecule has 0 aromatic heterocycles. The van der Waals surface area contributed by atoms with Crippen molar-refractivity contribution in [1.82, 2.24) is 4.90 Å². The third-order valence-corrected chi connectivity index (χ3v) is 3.76. The van der Waals surface area contributed by atoms with Crippen LogP contribution in [0, 0.1) is 5.92 Å². The van der Waals surface area contributed by atoms with Gasteiger partial charge >= 0.3 is 6.18 Å². The number of halogens is 3. The second kappa shape index (κ2) is 4.94. The summed E-state index contributed by atoms with van der Waals surface area (Å²) in [5.41, 5.74) is 2.42. The van der Waals surface area contributed by atoms with Gasteiger partial charge in [-0.2, -0.15) is 13.2 Å². The monoisotopic (exact) mass is 280 g/mol. The molecule has 2 fully saturated rings. The van der Waals surface area contributed by atoms with Crippen molar-refractivity contribution in [3.05, 3.63) is 0 Å². The molecule has 1 heterocycles. The summed E-state index contributed by atoms with van der Waals surface area (Å²) in [6, 6.07) is -0.0849. The highest BCUT2D eigenvalue weighted by Crippen LogP contribution is 2.35. The van der Waals surface area contributed by atoms with Crippen molar-refractivity contribution < 1.29 is 22.7 Å². The summed E-state index contributed by atoms with van der Waals surface area (Å²) in [6.45, 7) is 2.17. The summed E-state index contributed by atoms with van der Waals surface area (Å²) in [7, 11) is 0. The molecule has 1 amide bonds. The van der Waals surface area contributed by atoms with E-state index < -0.39 is 17.6 Å². The maximum absolute atomic E-state index is 12.8. The summed E-state index contributed by atoms with van der Waals surface area (Å²) in [5, 5.41) is 0. The van der Waals surface area contributed by atoms with Crippen LogP contribution in [0.15, 0.2) is 0 Å². The van der Waals surface area contributed by atoms with Crippen LogP contribution in [-0.4, -0.2) is 48.3 Å². The SMILES string of the molecule is CC(N)(C(=O)N(CC1CCOC1)C1CC1)C(F)(F)F. The lowest BCUT2D eigenvalue weighted by molar-refractivity contribution is -0.194. The van der Waals surface area contributed by atoms with E-state index in [2.05, 4.69) is 0 Å².